The first-order chi connectivity index (χ1) is 14.6. The fourth-order valence-corrected chi connectivity index (χ4v) is 4.11. The highest BCUT2D eigenvalue weighted by molar-refractivity contribution is 6.10. The second-order valence-corrected chi connectivity index (χ2v) is 8.32. The smallest absolute Gasteiger partial charge is 0.258 e. The summed E-state index contributed by atoms with van der Waals surface area (Å²) in [6, 6.07) is 21.8. The predicted octanol–water partition coefficient (Wildman–Crippen LogP) is 5.56. The van der Waals surface area contributed by atoms with Crippen LogP contribution < -0.4 is 10.2 Å². The van der Waals surface area contributed by atoms with E-state index in [0.717, 1.165) is 39.2 Å². The molecular weight excluding hydrogens is 372 g/mol. The molecule has 1 N–H and O–H groups in total. The van der Waals surface area contributed by atoms with Gasteiger partial charge in [-0.2, -0.15) is 0 Å². The van der Waals surface area contributed by atoms with Gasteiger partial charge in [-0.15, -0.1) is 0 Å². The van der Waals surface area contributed by atoms with Crippen LogP contribution in [0.1, 0.15) is 40.7 Å². The molecule has 2 aliphatic rings. The second kappa shape index (κ2) is 7.45. The van der Waals surface area contributed by atoms with Crippen molar-refractivity contribution in [2.75, 3.05) is 10.2 Å². The van der Waals surface area contributed by atoms with Crippen LogP contribution in [-0.2, 0) is 11.3 Å². The zero-order valence-corrected chi connectivity index (χ0v) is 17.0. The summed E-state index contributed by atoms with van der Waals surface area (Å²) in [7, 11) is 0. The SMILES string of the molecule is Cc1ccc(NC(=O)CC2CC2)cc1-c1ccc2c(c1)CN(c1ccccc1)C2=O. The van der Waals surface area contributed by atoms with Crippen molar-refractivity contribution in [3.05, 3.63) is 83.4 Å². The first-order valence-electron chi connectivity index (χ1n) is 10.5. The first kappa shape index (κ1) is 18.6. The molecule has 5 rings (SSSR count). The molecule has 4 nitrogen and oxygen atoms in total. The lowest BCUT2D eigenvalue weighted by atomic mass is 9.96. The van der Waals surface area contributed by atoms with E-state index in [1.807, 2.05) is 65.6 Å². The van der Waals surface area contributed by atoms with Crippen molar-refractivity contribution in [1.29, 1.82) is 0 Å². The van der Waals surface area contributed by atoms with Gasteiger partial charge < -0.3 is 10.2 Å². The van der Waals surface area contributed by atoms with Gasteiger partial charge in [-0.3, -0.25) is 9.59 Å². The van der Waals surface area contributed by atoms with E-state index in [2.05, 4.69) is 18.3 Å². The van der Waals surface area contributed by atoms with E-state index in [4.69, 9.17) is 0 Å². The van der Waals surface area contributed by atoms with Crippen molar-refractivity contribution in [1.82, 2.24) is 0 Å². The molecule has 0 unspecified atom stereocenters. The highest BCUT2D eigenvalue weighted by Crippen LogP contribution is 2.35. The molecule has 1 fully saturated rings. The van der Waals surface area contributed by atoms with Gasteiger partial charge in [-0.25, -0.2) is 0 Å². The van der Waals surface area contributed by atoms with Crippen LogP contribution in [0.5, 0.6) is 0 Å². The monoisotopic (exact) mass is 396 g/mol. The number of nitrogens with zero attached hydrogens (tertiary/aromatic N) is 1. The van der Waals surface area contributed by atoms with Gasteiger partial charge in [0.25, 0.3) is 5.91 Å². The number of carbonyl (C=O) groups excluding carboxylic acids is 2. The summed E-state index contributed by atoms with van der Waals surface area (Å²) in [5.41, 5.74) is 6.80. The lowest BCUT2D eigenvalue weighted by Gasteiger charge is -2.15. The van der Waals surface area contributed by atoms with E-state index in [0.29, 0.717) is 18.9 Å². The van der Waals surface area contributed by atoms with Crippen LogP contribution in [0.15, 0.2) is 66.7 Å². The Morgan fingerprint density at radius 1 is 1.00 bits per heavy atom. The largest absolute Gasteiger partial charge is 0.326 e. The van der Waals surface area contributed by atoms with Gasteiger partial charge in [0, 0.05) is 23.4 Å². The summed E-state index contributed by atoms with van der Waals surface area (Å²) in [6.45, 7) is 2.64. The number of carbonyl (C=O) groups is 2. The molecular formula is C26H24N2O2. The Balaban J connectivity index is 1.42. The number of para-hydroxylation sites is 1. The van der Waals surface area contributed by atoms with Crippen LogP contribution in [0.3, 0.4) is 0 Å². The van der Waals surface area contributed by atoms with Gasteiger partial charge >= 0.3 is 0 Å². The summed E-state index contributed by atoms with van der Waals surface area (Å²) in [6.07, 6.45) is 2.94. The maximum absolute atomic E-state index is 12.9. The van der Waals surface area contributed by atoms with Crippen molar-refractivity contribution in [3.63, 3.8) is 0 Å². The maximum atomic E-state index is 12.9. The third kappa shape index (κ3) is 3.61. The highest BCUT2D eigenvalue weighted by Gasteiger charge is 2.29. The van der Waals surface area contributed by atoms with Gasteiger partial charge in [0.05, 0.1) is 6.54 Å². The summed E-state index contributed by atoms with van der Waals surface area (Å²) >= 11 is 0. The van der Waals surface area contributed by atoms with E-state index in [9.17, 15) is 9.59 Å². The van der Waals surface area contributed by atoms with Gasteiger partial charge in [-0.1, -0.05) is 30.3 Å². The minimum atomic E-state index is 0.0422. The third-order valence-electron chi connectivity index (χ3n) is 5.98. The normalized spacial score (nSPS) is 15.2. The van der Waals surface area contributed by atoms with Crippen molar-refractivity contribution in [2.45, 2.75) is 32.7 Å². The van der Waals surface area contributed by atoms with Gasteiger partial charge in [0.2, 0.25) is 5.91 Å². The molecule has 0 bridgehead atoms. The van der Waals surface area contributed by atoms with E-state index >= 15 is 0 Å². The molecule has 1 aliphatic carbocycles. The number of nitrogens with one attached hydrogen (secondary N) is 1. The molecule has 0 aromatic heterocycles. The molecule has 0 spiro atoms. The lowest BCUT2D eigenvalue weighted by molar-refractivity contribution is -0.116. The number of amides is 2. The Hall–Kier alpha value is -3.40. The number of benzene rings is 3. The fourth-order valence-electron chi connectivity index (χ4n) is 4.11. The van der Waals surface area contributed by atoms with Crippen molar-refractivity contribution >= 4 is 23.2 Å². The molecule has 1 heterocycles. The van der Waals surface area contributed by atoms with Gasteiger partial charge in [0.1, 0.15) is 0 Å². The molecule has 0 saturated heterocycles. The molecule has 0 radical (unpaired) electrons. The Kier molecular flexibility index (Phi) is 4.62. The maximum Gasteiger partial charge on any atom is 0.258 e. The zero-order chi connectivity index (χ0) is 20.7. The average Bonchev–Trinajstić information content (AvgIpc) is 3.51. The fraction of sp³-hybridized carbons (Fsp3) is 0.231. The van der Waals surface area contributed by atoms with Crippen LogP contribution in [0.25, 0.3) is 11.1 Å². The van der Waals surface area contributed by atoms with Crippen LogP contribution in [-0.4, -0.2) is 11.8 Å². The number of hydrogen-bond acceptors (Lipinski definition) is 2. The number of fused-ring (bicyclic) bond motifs is 1. The Bertz CT molecular complexity index is 1130. The minimum absolute atomic E-state index is 0.0422. The molecule has 4 heteroatoms. The van der Waals surface area contributed by atoms with E-state index < -0.39 is 0 Å². The van der Waals surface area contributed by atoms with Crippen LogP contribution in [0.2, 0.25) is 0 Å². The standard InChI is InChI=1S/C26H24N2O2/c1-17-7-11-21(27-25(29)13-18-8-9-18)15-24(17)19-10-12-23-20(14-19)16-28(26(23)30)22-5-3-2-4-6-22/h2-7,10-12,14-15,18H,8-9,13,16H2,1H3,(H,27,29). The van der Waals surface area contributed by atoms with Crippen LogP contribution in [0, 0.1) is 12.8 Å². The predicted molar refractivity (Wildman–Crippen MR) is 120 cm³/mol. The topological polar surface area (TPSA) is 49.4 Å². The number of anilines is 2. The average molecular weight is 396 g/mol. The molecule has 30 heavy (non-hydrogen) atoms. The molecule has 1 saturated carbocycles. The molecule has 1 aliphatic heterocycles. The summed E-state index contributed by atoms with van der Waals surface area (Å²) in [5, 5.41) is 3.04. The first-order valence-corrected chi connectivity index (χ1v) is 10.5. The minimum Gasteiger partial charge on any atom is -0.326 e. The molecule has 2 amide bonds. The number of hydrogen-bond donors (Lipinski definition) is 1. The van der Waals surface area contributed by atoms with Crippen molar-refractivity contribution in [3.8, 4) is 11.1 Å². The summed E-state index contributed by atoms with van der Waals surface area (Å²) < 4.78 is 0. The van der Waals surface area contributed by atoms with Crippen LogP contribution in [0.4, 0.5) is 11.4 Å². The van der Waals surface area contributed by atoms with Crippen LogP contribution >= 0.6 is 0 Å². The zero-order valence-electron chi connectivity index (χ0n) is 17.0. The van der Waals surface area contributed by atoms with Gasteiger partial charge in [-0.05, 0) is 84.3 Å². The van der Waals surface area contributed by atoms with E-state index in [1.54, 1.807) is 0 Å². The van der Waals surface area contributed by atoms with E-state index in [-0.39, 0.29) is 11.8 Å². The third-order valence-corrected chi connectivity index (χ3v) is 5.98. The van der Waals surface area contributed by atoms with Crippen molar-refractivity contribution in [2.24, 2.45) is 5.92 Å². The van der Waals surface area contributed by atoms with Crippen molar-refractivity contribution < 1.29 is 9.59 Å². The quantitative estimate of drug-likeness (QED) is 0.614. The molecule has 0 atom stereocenters. The molecule has 150 valence electrons. The number of aryl methyl sites for hydroxylation is 1. The summed E-state index contributed by atoms with van der Waals surface area (Å²) in [5.74, 6) is 0.697. The molecule has 3 aromatic carbocycles. The second-order valence-electron chi connectivity index (χ2n) is 8.32. The Morgan fingerprint density at radius 3 is 2.57 bits per heavy atom. The Morgan fingerprint density at radius 2 is 1.80 bits per heavy atom. The highest BCUT2D eigenvalue weighted by atomic mass is 16.2. The number of rotatable bonds is 5. The molecule has 3 aromatic rings. The van der Waals surface area contributed by atoms with E-state index in [1.165, 1.54) is 12.8 Å². The Labute approximate surface area is 176 Å². The van der Waals surface area contributed by atoms with Gasteiger partial charge in [0.15, 0.2) is 0 Å². The lowest BCUT2D eigenvalue weighted by Crippen LogP contribution is -2.22. The summed E-state index contributed by atoms with van der Waals surface area (Å²) in [4.78, 5) is 26.9.